The molecule has 2 nitrogen and oxygen atoms in total. The van der Waals surface area contributed by atoms with Crippen LogP contribution in [0.25, 0.3) is 44.2 Å². The topological polar surface area (TPSA) is 37.3 Å². The van der Waals surface area contributed by atoms with Crippen LogP contribution in [0.1, 0.15) is 168 Å². The van der Waals surface area contributed by atoms with Crippen molar-refractivity contribution in [2.45, 2.75) is 157 Å². The molecular formula is C83H97ClO2. The first-order valence-electron chi connectivity index (χ1n) is 30.3. The first-order valence-corrected chi connectivity index (χ1v) is 30.7. The second-order valence-corrected chi connectivity index (χ2v) is 28.7. The summed E-state index contributed by atoms with van der Waals surface area (Å²) in [6.07, 6.45) is 0. The van der Waals surface area contributed by atoms with E-state index in [1.165, 1.54) is 72.0 Å². The van der Waals surface area contributed by atoms with Crippen LogP contribution in [0, 0.1) is 0 Å². The zero-order valence-electron chi connectivity index (χ0n) is 55.0. The van der Waals surface area contributed by atoms with Crippen LogP contribution in [0.15, 0.2) is 255 Å². The lowest BCUT2D eigenvalue weighted by atomic mass is 9.84. The van der Waals surface area contributed by atoms with Crippen LogP contribution in [0.3, 0.4) is 0 Å². The number of hydrogen-bond acceptors (Lipinski definition) is 1. The molecule has 0 spiro atoms. The summed E-state index contributed by atoms with van der Waals surface area (Å²) in [4.78, 5) is 10.9. The summed E-state index contributed by atoms with van der Waals surface area (Å²) >= 11 is 5.76. The van der Waals surface area contributed by atoms with E-state index in [0.29, 0.717) is 5.56 Å². The number of fused-ring (bicyclic) bond motifs is 1. The van der Waals surface area contributed by atoms with Crippen LogP contribution >= 0.6 is 11.6 Å². The molecule has 0 radical (unpaired) electrons. The summed E-state index contributed by atoms with van der Waals surface area (Å²) in [5.74, 6) is -0.856. The molecule has 0 aliphatic rings. The maximum Gasteiger partial charge on any atom is 0.335 e. The average Bonchev–Trinajstić information content (AvgIpc) is 3.62. The largest absolute Gasteiger partial charge is 0.478 e. The fraction of sp³-hybridized carbons (Fsp3) is 0.289. The molecule has 0 amide bonds. The molecule has 1 N–H and O–H groups in total. The average molecular weight is 1160 g/mol. The van der Waals surface area contributed by atoms with Crippen molar-refractivity contribution in [1.82, 2.24) is 0 Å². The number of aromatic carboxylic acids is 1. The summed E-state index contributed by atoms with van der Waals surface area (Å²) in [6, 6.07) is 88.4. The van der Waals surface area contributed by atoms with Crippen molar-refractivity contribution < 1.29 is 9.90 Å². The lowest BCUT2D eigenvalue weighted by Crippen LogP contribution is -2.16. The van der Waals surface area contributed by atoms with Crippen LogP contribution in [0.4, 0.5) is 0 Å². The third kappa shape index (κ3) is 22.3. The van der Waals surface area contributed by atoms with Gasteiger partial charge in [-0.25, -0.2) is 4.79 Å². The smallest absolute Gasteiger partial charge is 0.335 e. The number of hydrogen-bond donors (Lipinski definition) is 1. The predicted molar refractivity (Wildman–Crippen MR) is 377 cm³/mol. The minimum absolute atomic E-state index is 0.116. The van der Waals surface area contributed by atoms with Gasteiger partial charge in [0.1, 0.15) is 0 Å². The third-order valence-corrected chi connectivity index (χ3v) is 15.1. The second-order valence-electron chi connectivity index (χ2n) is 28.2. The van der Waals surface area contributed by atoms with Crippen molar-refractivity contribution in [2.24, 2.45) is 0 Å². The van der Waals surface area contributed by atoms with Crippen molar-refractivity contribution in [3.8, 4) is 33.4 Å². The quantitative estimate of drug-likeness (QED) is 0.191. The summed E-state index contributed by atoms with van der Waals surface area (Å²) in [7, 11) is 0. The molecule has 0 aromatic heterocycles. The zero-order valence-corrected chi connectivity index (χ0v) is 55.7. The number of carbonyl (C=O) groups is 1. The molecule has 0 aliphatic heterocycles. The summed E-state index contributed by atoms with van der Waals surface area (Å²) in [5.41, 5.74) is 16.9. The molecule has 0 bridgehead atoms. The van der Waals surface area contributed by atoms with Gasteiger partial charge in [0.15, 0.2) is 0 Å². The number of carboxylic acid groups (broad SMARTS) is 1. The maximum absolute atomic E-state index is 10.9. The molecule has 0 fully saturated rings. The van der Waals surface area contributed by atoms with E-state index in [9.17, 15) is 4.79 Å². The molecular weight excluding hydrogens is 1060 g/mol. The minimum Gasteiger partial charge on any atom is -0.478 e. The Bertz CT molecular complexity index is 3370. The van der Waals surface area contributed by atoms with E-state index < -0.39 is 5.97 Å². The van der Waals surface area contributed by atoms with E-state index in [0.717, 1.165) is 10.6 Å². The van der Waals surface area contributed by atoms with E-state index in [4.69, 9.17) is 16.7 Å². The molecule has 10 rings (SSSR count). The lowest BCUT2D eigenvalue weighted by molar-refractivity contribution is 0.0694. The van der Waals surface area contributed by atoms with Gasteiger partial charge in [0.05, 0.1) is 5.56 Å². The number of halogens is 1. The van der Waals surface area contributed by atoms with Gasteiger partial charge in [-0.05, 0) is 128 Å². The molecule has 0 heterocycles. The standard InChI is InChI=1S/3C16H18.C14H16.C11H14O2.C10H13Cl/c3*1-16(2,3)15-11-9-14(10-12-15)13-7-5-4-6-8-13;1-14(2,3)13-9-8-11-6-4-5-7-12(11)10-13;1-11(2,3)9-7-5-4-6-8(9)10(12)13;1-10(2,3)8-4-6-9(11)7-5-8/h3*4-12H,1-3H3;4-10H,1-3H3;4-7H,1-3H3,(H,12,13);4-7H,1-3H3. The lowest BCUT2D eigenvalue weighted by Gasteiger charge is -2.20. The summed E-state index contributed by atoms with van der Waals surface area (Å²) < 4.78 is 0. The van der Waals surface area contributed by atoms with E-state index in [1.807, 2.05) is 63.2 Å². The highest BCUT2D eigenvalue weighted by Crippen LogP contribution is 2.31. The number of benzene rings is 10. The van der Waals surface area contributed by atoms with Crippen molar-refractivity contribution in [3.63, 3.8) is 0 Å². The molecule has 0 saturated heterocycles. The normalized spacial score (nSPS) is 11.5. The molecule has 0 atom stereocenters. The SMILES string of the molecule is CC(C)(C)c1ccc(-c2ccccc2)cc1.CC(C)(C)c1ccc(-c2ccccc2)cc1.CC(C)(C)c1ccc(-c2ccccc2)cc1.CC(C)(C)c1ccc(Cl)cc1.CC(C)(C)c1ccc2ccccc2c1.CC(C)(C)c1ccccc1C(=O)O. The van der Waals surface area contributed by atoms with Gasteiger partial charge in [0.2, 0.25) is 0 Å². The van der Waals surface area contributed by atoms with E-state index in [2.05, 4.69) is 304 Å². The van der Waals surface area contributed by atoms with Gasteiger partial charge in [-0.15, -0.1) is 0 Å². The van der Waals surface area contributed by atoms with E-state index >= 15 is 0 Å². The van der Waals surface area contributed by atoms with Gasteiger partial charge in [-0.1, -0.05) is 373 Å². The molecule has 0 aliphatic carbocycles. The molecule has 10 aromatic rings. The Morgan fingerprint density at radius 2 is 0.523 bits per heavy atom. The van der Waals surface area contributed by atoms with Gasteiger partial charge < -0.3 is 5.11 Å². The molecule has 0 unspecified atom stereocenters. The monoisotopic (exact) mass is 1160 g/mol. The molecule has 3 heteroatoms. The van der Waals surface area contributed by atoms with E-state index in [1.54, 1.807) is 12.1 Å². The molecule has 86 heavy (non-hydrogen) atoms. The predicted octanol–water partition coefficient (Wildman–Crippen LogP) is 24.4. The molecule has 448 valence electrons. The van der Waals surface area contributed by atoms with Crippen molar-refractivity contribution in [2.75, 3.05) is 0 Å². The van der Waals surface area contributed by atoms with Gasteiger partial charge in [-0.3, -0.25) is 0 Å². The van der Waals surface area contributed by atoms with Crippen LogP contribution in [-0.2, 0) is 32.5 Å². The van der Waals surface area contributed by atoms with Gasteiger partial charge in [-0.2, -0.15) is 0 Å². The Labute approximate surface area is 524 Å². The molecule has 10 aromatic carbocycles. The fourth-order valence-corrected chi connectivity index (χ4v) is 9.44. The van der Waals surface area contributed by atoms with Crippen molar-refractivity contribution in [1.29, 1.82) is 0 Å². The third-order valence-electron chi connectivity index (χ3n) is 14.9. The van der Waals surface area contributed by atoms with E-state index in [-0.39, 0.29) is 32.5 Å². The fourth-order valence-electron chi connectivity index (χ4n) is 9.31. The minimum atomic E-state index is -0.856. The number of rotatable bonds is 4. The maximum atomic E-state index is 10.9. The van der Waals surface area contributed by atoms with Gasteiger partial charge in [0.25, 0.3) is 0 Å². The summed E-state index contributed by atoms with van der Waals surface area (Å²) in [5, 5.41) is 12.4. The Balaban J connectivity index is 0.000000189. The van der Waals surface area contributed by atoms with Crippen LogP contribution in [0.5, 0.6) is 0 Å². The summed E-state index contributed by atoms with van der Waals surface area (Å²) in [6.45, 7) is 39.5. The Morgan fingerprint density at radius 1 is 0.267 bits per heavy atom. The second kappa shape index (κ2) is 30.5. The first kappa shape index (κ1) is 69.0. The Hall–Kier alpha value is -7.78. The van der Waals surface area contributed by atoms with Crippen LogP contribution in [-0.4, -0.2) is 11.1 Å². The zero-order chi connectivity index (χ0) is 63.5. The van der Waals surface area contributed by atoms with Crippen LogP contribution in [0.2, 0.25) is 5.02 Å². The van der Waals surface area contributed by atoms with Gasteiger partial charge in [0, 0.05) is 5.02 Å². The molecule has 0 saturated carbocycles. The van der Waals surface area contributed by atoms with Crippen LogP contribution < -0.4 is 0 Å². The highest BCUT2D eigenvalue weighted by molar-refractivity contribution is 6.30. The first-order chi connectivity index (χ1) is 40.2. The Kier molecular flexibility index (Phi) is 24.5. The van der Waals surface area contributed by atoms with Crippen molar-refractivity contribution >= 4 is 28.3 Å². The highest BCUT2D eigenvalue weighted by atomic mass is 35.5. The Morgan fingerprint density at radius 3 is 0.814 bits per heavy atom. The highest BCUT2D eigenvalue weighted by Gasteiger charge is 2.21. The van der Waals surface area contributed by atoms with Crippen molar-refractivity contribution in [3.05, 3.63) is 299 Å². The van der Waals surface area contributed by atoms with Gasteiger partial charge >= 0.3 is 5.97 Å². The number of carboxylic acids is 1.